The van der Waals surface area contributed by atoms with Gasteiger partial charge in [0.25, 0.3) is 0 Å². The summed E-state index contributed by atoms with van der Waals surface area (Å²) in [5.74, 6) is 0.615. The van der Waals surface area contributed by atoms with E-state index < -0.39 is 0 Å². The van der Waals surface area contributed by atoms with Crippen molar-refractivity contribution in [1.29, 1.82) is 0 Å². The van der Waals surface area contributed by atoms with Crippen LogP contribution < -0.4 is 0 Å². The highest BCUT2D eigenvalue weighted by atomic mass is 35.5. The maximum Gasteiger partial charge on any atom is 0.0488 e. The van der Waals surface area contributed by atoms with Crippen LogP contribution in [0.3, 0.4) is 0 Å². The molecule has 13 heavy (non-hydrogen) atoms. The molecule has 0 aliphatic heterocycles. The number of fused-ring (bicyclic) bond motifs is 1. The van der Waals surface area contributed by atoms with Crippen LogP contribution in [0.15, 0.2) is 29.6 Å². The van der Waals surface area contributed by atoms with Gasteiger partial charge in [0.15, 0.2) is 0 Å². The molecule has 1 aromatic carbocycles. The van der Waals surface area contributed by atoms with Crippen molar-refractivity contribution >= 4 is 33.0 Å². The van der Waals surface area contributed by atoms with Gasteiger partial charge >= 0.3 is 0 Å². The second-order valence-corrected chi connectivity index (χ2v) is 3.57. The fourth-order valence-electron chi connectivity index (χ4n) is 1.14. The van der Waals surface area contributed by atoms with Crippen LogP contribution in [0.2, 0.25) is 0 Å². The van der Waals surface area contributed by atoms with E-state index >= 15 is 0 Å². The van der Waals surface area contributed by atoms with Crippen LogP contribution in [-0.4, -0.2) is 0 Å². The van der Waals surface area contributed by atoms with Crippen LogP contribution >= 0.6 is 22.9 Å². The molecule has 0 saturated carbocycles. The molecular formula is C11H13ClS. The van der Waals surface area contributed by atoms with Crippen molar-refractivity contribution in [3.63, 3.8) is 0 Å². The standard InChI is InChI=1S/C9H7ClS.C2H6/c10-5-7-6-11-9-4-2-1-3-8(7)9;1-2/h1-4,6H,5H2;1-2H3. The first-order valence-electron chi connectivity index (χ1n) is 4.43. The molecule has 2 aromatic rings. The molecule has 0 radical (unpaired) electrons. The van der Waals surface area contributed by atoms with Gasteiger partial charge in [-0.15, -0.1) is 22.9 Å². The van der Waals surface area contributed by atoms with Gasteiger partial charge in [-0.3, -0.25) is 0 Å². The van der Waals surface area contributed by atoms with Crippen molar-refractivity contribution in [2.45, 2.75) is 19.7 Å². The molecule has 0 aliphatic rings. The minimum Gasteiger partial charge on any atom is -0.143 e. The number of hydrogen-bond donors (Lipinski definition) is 0. The molecule has 0 atom stereocenters. The fourth-order valence-corrected chi connectivity index (χ4v) is 2.41. The van der Waals surface area contributed by atoms with Gasteiger partial charge in [-0.05, 0) is 22.4 Å². The Morgan fingerprint density at radius 1 is 1.23 bits per heavy atom. The Hall–Kier alpha value is -0.530. The number of rotatable bonds is 1. The van der Waals surface area contributed by atoms with E-state index in [1.807, 2.05) is 19.9 Å². The third-order valence-electron chi connectivity index (χ3n) is 1.71. The first-order chi connectivity index (χ1) is 6.42. The fraction of sp³-hybridized carbons (Fsp3) is 0.273. The van der Waals surface area contributed by atoms with Crippen molar-refractivity contribution in [3.8, 4) is 0 Å². The molecule has 0 bridgehead atoms. The summed E-state index contributed by atoms with van der Waals surface area (Å²) in [5, 5.41) is 3.42. The van der Waals surface area contributed by atoms with Crippen LogP contribution in [-0.2, 0) is 5.88 Å². The minimum atomic E-state index is 0.615. The summed E-state index contributed by atoms with van der Waals surface area (Å²) < 4.78 is 1.32. The van der Waals surface area contributed by atoms with E-state index in [4.69, 9.17) is 11.6 Å². The predicted molar refractivity (Wildman–Crippen MR) is 62.7 cm³/mol. The van der Waals surface area contributed by atoms with Gasteiger partial charge in [0.1, 0.15) is 0 Å². The van der Waals surface area contributed by atoms with E-state index in [-0.39, 0.29) is 0 Å². The van der Waals surface area contributed by atoms with Crippen molar-refractivity contribution in [1.82, 2.24) is 0 Å². The lowest BCUT2D eigenvalue weighted by Crippen LogP contribution is -1.70. The quantitative estimate of drug-likeness (QED) is 0.603. The zero-order chi connectivity index (χ0) is 9.68. The molecule has 0 amide bonds. The molecule has 0 fully saturated rings. The average molecular weight is 213 g/mol. The number of alkyl halides is 1. The molecule has 0 spiro atoms. The molecule has 2 rings (SSSR count). The Bertz CT molecular complexity index is 365. The lowest BCUT2D eigenvalue weighted by Gasteiger charge is -1.89. The first kappa shape index (κ1) is 10.6. The highest BCUT2D eigenvalue weighted by Gasteiger charge is 1.99. The van der Waals surface area contributed by atoms with E-state index in [0.29, 0.717) is 5.88 Å². The third-order valence-corrected chi connectivity index (χ3v) is 3.01. The molecule has 0 saturated heterocycles. The summed E-state index contributed by atoms with van der Waals surface area (Å²) >= 11 is 7.51. The van der Waals surface area contributed by atoms with Gasteiger partial charge in [-0.1, -0.05) is 32.0 Å². The largest absolute Gasteiger partial charge is 0.143 e. The number of halogens is 1. The molecule has 0 nitrogen and oxygen atoms in total. The van der Waals surface area contributed by atoms with Gasteiger partial charge in [0.2, 0.25) is 0 Å². The van der Waals surface area contributed by atoms with Gasteiger partial charge < -0.3 is 0 Å². The zero-order valence-corrected chi connectivity index (χ0v) is 9.45. The second kappa shape index (κ2) is 5.25. The van der Waals surface area contributed by atoms with E-state index in [0.717, 1.165) is 0 Å². The minimum absolute atomic E-state index is 0.615. The Balaban J connectivity index is 0.000000396. The second-order valence-electron chi connectivity index (χ2n) is 2.39. The predicted octanol–water partition coefficient (Wildman–Crippen LogP) is 4.67. The van der Waals surface area contributed by atoms with Crippen molar-refractivity contribution in [2.24, 2.45) is 0 Å². The Labute approximate surface area is 88.2 Å². The summed E-state index contributed by atoms with van der Waals surface area (Å²) in [4.78, 5) is 0. The SMILES string of the molecule is CC.ClCc1csc2ccccc12. The Kier molecular flexibility index (Phi) is 4.26. The summed E-state index contributed by atoms with van der Waals surface area (Å²) in [7, 11) is 0. The zero-order valence-electron chi connectivity index (χ0n) is 7.88. The van der Waals surface area contributed by atoms with Crippen LogP contribution in [0, 0.1) is 0 Å². The van der Waals surface area contributed by atoms with E-state index in [1.165, 1.54) is 15.6 Å². The molecule has 1 heterocycles. The number of hydrogen-bond acceptors (Lipinski definition) is 1. The van der Waals surface area contributed by atoms with Crippen molar-refractivity contribution in [3.05, 3.63) is 35.2 Å². The van der Waals surface area contributed by atoms with Crippen LogP contribution in [0.4, 0.5) is 0 Å². The van der Waals surface area contributed by atoms with Crippen LogP contribution in [0.1, 0.15) is 19.4 Å². The Morgan fingerprint density at radius 3 is 2.62 bits per heavy atom. The molecular weight excluding hydrogens is 200 g/mol. The van der Waals surface area contributed by atoms with E-state index in [9.17, 15) is 0 Å². The van der Waals surface area contributed by atoms with Crippen LogP contribution in [0.5, 0.6) is 0 Å². The average Bonchev–Trinajstić information content (AvgIpc) is 2.64. The van der Waals surface area contributed by atoms with Gasteiger partial charge in [0, 0.05) is 10.6 Å². The summed E-state index contributed by atoms with van der Waals surface area (Å²) in [5.41, 5.74) is 1.24. The van der Waals surface area contributed by atoms with Crippen LogP contribution in [0.25, 0.3) is 10.1 Å². The molecule has 0 N–H and O–H groups in total. The molecule has 70 valence electrons. The van der Waals surface area contributed by atoms with Crippen molar-refractivity contribution < 1.29 is 0 Å². The van der Waals surface area contributed by atoms with E-state index in [1.54, 1.807) is 11.3 Å². The number of benzene rings is 1. The van der Waals surface area contributed by atoms with Crippen molar-refractivity contribution in [2.75, 3.05) is 0 Å². The topological polar surface area (TPSA) is 0 Å². The highest BCUT2D eigenvalue weighted by molar-refractivity contribution is 7.17. The molecule has 2 heteroatoms. The highest BCUT2D eigenvalue weighted by Crippen LogP contribution is 2.26. The molecule has 1 aromatic heterocycles. The number of thiophene rings is 1. The van der Waals surface area contributed by atoms with Gasteiger partial charge in [0.05, 0.1) is 0 Å². The molecule has 0 aliphatic carbocycles. The van der Waals surface area contributed by atoms with Gasteiger partial charge in [-0.2, -0.15) is 0 Å². The van der Waals surface area contributed by atoms with E-state index in [2.05, 4.69) is 23.6 Å². The summed E-state index contributed by atoms with van der Waals surface area (Å²) in [6.07, 6.45) is 0. The Morgan fingerprint density at radius 2 is 1.92 bits per heavy atom. The first-order valence-corrected chi connectivity index (χ1v) is 5.84. The monoisotopic (exact) mass is 212 g/mol. The normalized spacial score (nSPS) is 9.46. The summed E-state index contributed by atoms with van der Waals surface area (Å²) in [6, 6.07) is 8.33. The molecule has 0 unspecified atom stereocenters. The lowest BCUT2D eigenvalue weighted by molar-refractivity contribution is 1.50. The lowest BCUT2D eigenvalue weighted by atomic mass is 10.2. The maximum atomic E-state index is 5.75. The summed E-state index contributed by atoms with van der Waals surface area (Å²) in [6.45, 7) is 4.00. The third kappa shape index (κ3) is 2.23. The smallest absolute Gasteiger partial charge is 0.0488 e. The van der Waals surface area contributed by atoms with Gasteiger partial charge in [-0.25, -0.2) is 0 Å². The maximum absolute atomic E-state index is 5.75.